The zero-order valence-electron chi connectivity index (χ0n) is 9.50. The van der Waals surface area contributed by atoms with Crippen molar-refractivity contribution in [3.05, 3.63) is 34.1 Å². The smallest absolute Gasteiger partial charge is 0.130 e. The Labute approximate surface area is 109 Å². The van der Waals surface area contributed by atoms with Crippen LogP contribution in [0.25, 0.3) is 0 Å². The minimum absolute atomic E-state index is 0.309. The Balaban J connectivity index is 2.25. The van der Waals surface area contributed by atoms with Crippen molar-refractivity contribution in [1.82, 2.24) is 4.90 Å². The van der Waals surface area contributed by atoms with Gasteiger partial charge in [-0.2, -0.15) is 5.26 Å². The molecule has 4 heteroatoms. The van der Waals surface area contributed by atoms with Crippen LogP contribution in [0.3, 0.4) is 0 Å². The Morgan fingerprint density at radius 2 is 2.00 bits per heavy atom. The van der Waals surface area contributed by atoms with Gasteiger partial charge in [0.1, 0.15) is 11.9 Å². The molecule has 1 aliphatic heterocycles. The first-order valence-electron chi connectivity index (χ1n) is 5.81. The summed E-state index contributed by atoms with van der Waals surface area (Å²) in [5.41, 5.74) is 0.484. The van der Waals surface area contributed by atoms with Crippen molar-refractivity contribution < 1.29 is 4.39 Å². The summed E-state index contributed by atoms with van der Waals surface area (Å²) in [7, 11) is 0. The molecule has 1 fully saturated rings. The van der Waals surface area contributed by atoms with Crippen molar-refractivity contribution in [2.24, 2.45) is 0 Å². The van der Waals surface area contributed by atoms with Crippen LogP contribution in [0.4, 0.5) is 4.39 Å². The molecule has 90 valence electrons. The molecule has 0 amide bonds. The van der Waals surface area contributed by atoms with E-state index in [9.17, 15) is 9.65 Å². The lowest BCUT2D eigenvalue weighted by molar-refractivity contribution is 0.193. The molecule has 0 bridgehead atoms. The molecule has 1 saturated heterocycles. The predicted octanol–water partition coefficient (Wildman–Crippen LogP) is 3.64. The molecule has 1 unspecified atom stereocenters. The largest absolute Gasteiger partial charge is 0.284 e. The van der Waals surface area contributed by atoms with Crippen molar-refractivity contribution in [2.75, 3.05) is 13.1 Å². The van der Waals surface area contributed by atoms with E-state index >= 15 is 0 Å². The van der Waals surface area contributed by atoms with E-state index in [2.05, 4.69) is 26.9 Å². The number of piperidine rings is 1. The number of nitrogens with zero attached hydrogens (tertiary/aromatic N) is 2. The molecule has 1 heterocycles. The summed E-state index contributed by atoms with van der Waals surface area (Å²) in [6, 6.07) is 6.66. The van der Waals surface area contributed by atoms with Gasteiger partial charge in [0, 0.05) is 10.0 Å². The Kier molecular flexibility index (Phi) is 4.14. The minimum Gasteiger partial charge on any atom is -0.284 e. The van der Waals surface area contributed by atoms with Crippen LogP contribution in [0.1, 0.15) is 30.9 Å². The summed E-state index contributed by atoms with van der Waals surface area (Å²) < 4.78 is 14.5. The van der Waals surface area contributed by atoms with Crippen molar-refractivity contribution in [1.29, 1.82) is 5.26 Å². The van der Waals surface area contributed by atoms with Gasteiger partial charge in [-0.15, -0.1) is 0 Å². The first-order valence-corrected chi connectivity index (χ1v) is 6.60. The second kappa shape index (κ2) is 5.61. The standard InChI is InChI=1S/C13H14BrFN2/c14-10-4-5-11(12(15)8-10)13(9-16)17-6-2-1-3-7-17/h4-5,8,13H,1-3,6-7H2. The molecule has 0 spiro atoms. The second-order valence-electron chi connectivity index (χ2n) is 4.29. The van der Waals surface area contributed by atoms with Crippen molar-refractivity contribution in [3.63, 3.8) is 0 Å². The van der Waals surface area contributed by atoms with Crippen LogP contribution >= 0.6 is 15.9 Å². The molecular weight excluding hydrogens is 283 g/mol. The molecule has 0 aromatic heterocycles. The zero-order chi connectivity index (χ0) is 12.3. The number of benzene rings is 1. The highest BCUT2D eigenvalue weighted by molar-refractivity contribution is 9.10. The van der Waals surface area contributed by atoms with E-state index in [0.29, 0.717) is 10.0 Å². The molecule has 0 aliphatic carbocycles. The number of rotatable bonds is 2. The lowest BCUT2D eigenvalue weighted by Crippen LogP contribution is -2.33. The summed E-state index contributed by atoms with van der Waals surface area (Å²) in [4.78, 5) is 2.07. The van der Waals surface area contributed by atoms with Gasteiger partial charge in [-0.3, -0.25) is 4.90 Å². The normalized spacial score (nSPS) is 18.6. The molecule has 2 nitrogen and oxygen atoms in total. The quantitative estimate of drug-likeness (QED) is 0.833. The van der Waals surface area contributed by atoms with Crippen molar-refractivity contribution in [2.45, 2.75) is 25.3 Å². The zero-order valence-corrected chi connectivity index (χ0v) is 11.1. The Morgan fingerprint density at radius 1 is 1.29 bits per heavy atom. The fraction of sp³-hybridized carbons (Fsp3) is 0.462. The van der Waals surface area contributed by atoms with E-state index in [1.165, 1.54) is 12.5 Å². The van der Waals surface area contributed by atoms with E-state index in [1.54, 1.807) is 12.1 Å². The summed E-state index contributed by atoms with van der Waals surface area (Å²) in [5, 5.41) is 9.26. The molecule has 1 aromatic rings. The monoisotopic (exact) mass is 296 g/mol. The predicted molar refractivity (Wildman–Crippen MR) is 67.9 cm³/mol. The Bertz CT molecular complexity index is 436. The summed E-state index contributed by atoms with van der Waals surface area (Å²) in [6.45, 7) is 1.77. The molecule has 0 radical (unpaired) electrons. The number of hydrogen-bond donors (Lipinski definition) is 0. The van der Waals surface area contributed by atoms with Crippen LogP contribution in [0.5, 0.6) is 0 Å². The Morgan fingerprint density at radius 3 is 2.59 bits per heavy atom. The summed E-state index contributed by atoms with van der Waals surface area (Å²) >= 11 is 3.23. The number of likely N-dealkylation sites (tertiary alicyclic amines) is 1. The van der Waals surface area contributed by atoms with E-state index in [0.717, 1.165) is 25.9 Å². The maximum atomic E-state index is 13.8. The SMILES string of the molecule is N#CC(c1ccc(Br)cc1F)N1CCCCC1. The van der Waals surface area contributed by atoms with Gasteiger partial charge in [0.2, 0.25) is 0 Å². The maximum Gasteiger partial charge on any atom is 0.130 e. The fourth-order valence-electron chi connectivity index (χ4n) is 2.25. The first-order chi connectivity index (χ1) is 8.22. The topological polar surface area (TPSA) is 27.0 Å². The van der Waals surface area contributed by atoms with Gasteiger partial charge in [-0.25, -0.2) is 4.39 Å². The van der Waals surface area contributed by atoms with Gasteiger partial charge in [0.05, 0.1) is 6.07 Å². The third-order valence-electron chi connectivity index (χ3n) is 3.14. The van der Waals surface area contributed by atoms with Gasteiger partial charge in [-0.05, 0) is 38.1 Å². The van der Waals surface area contributed by atoms with Crippen LogP contribution in [0, 0.1) is 17.1 Å². The van der Waals surface area contributed by atoms with Gasteiger partial charge >= 0.3 is 0 Å². The van der Waals surface area contributed by atoms with E-state index in [-0.39, 0.29) is 5.82 Å². The molecule has 1 aromatic carbocycles. The molecule has 17 heavy (non-hydrogen) atoms. The maximum absolute atomic E-state index is 13.8. The molecule has 1 atom stereocenters. The number of hydrogen-bond acceptors (Lipinski definition) is 2. The summed E-state index contributed by atoms with van der Waals surface area (Å²) in [6.07, 6.45) is 3.39. The van der Waals surface area contributed by atoms with E-state index in [1.807, 2.05) is 0 Å². The van der Waals surface area contributed by atoms with Gasteiger partial charge in [0.25, 0.3) is 0 Å². The summed E-state index contributed by atoms with van der Waals surface area (Å²) in [5.74, 6) is -0.309. The Hall–Kier alpha value is -0.920. The third kappa shape index (κ3) is 2.85. The van der Waals surface area contributed by atoms with Gasteiger partial charge in [0.15, 0.2) is 0 Å². The van der Waals surface area contributed by atoms with Gasteiger partial charge in [-0.1, -0.05) is 28.4 Å². The minimum atomic E-state index is -0.455. The van der Waals surface area contributed by atoms with E-state index in [4.69, 9.17) is 0 Å². The highest BCUT2D eigenvalue weighted by Crippen LogP contribution is 2.27. The average molecular weight is 297 g/mol. The molecule has 0 N–H and O–H groups in total. The lowest BCUT2D eigenvalue weighted by atomic mass is 10.0. The molecule has 1 aliphatic rings. The van der Waals surface area contributed by atoms with E-state index < -0.39 is 6.04 Å². The van der Waals surface area contributed by atoms with Crippen molar-refractivity contribution >= 4 is 15.9 Å². The third-order valence-corrected chi connectivity index (χ3v) is 3.63. The second-order valence-corrected chi connectivity index (χ2v) is 5.21. The number of halogens is 2. The highest BCUT2D eigenvalue weighted by atomic mass is 79.9. The van der Waals surface area contributed by atoms with Crippen LogP contribution in [-0.2, 0) is 0 Å². The lowest BCUT2D eigenvalue weighted by Gasteiger charge is -2.30. The molecular formula is C13H14BrFN2. The van der Waals surface area contributed by atoms with Crippen LogP contribution in [0.2, 0.25) is 0 Å². The average Bonchev–Trinajstić information content (AvgIpc) is 2.34. The van der Waals surface area contributed by atoms with Gasteiger partial charge < -0.3 is 0 Å². The van der Waals surface area contributed by atoms with Crippen molar-refractivity contribution in [3.8, 4) is 6.07 Å². The molecule has 0 saturated carbocycles. The highest BCUT2D eigenvalue weighted by Gasteiger charge is 2.24. The number of nitriles is 1. The molecule has 2 rings (SSSR count). The van der Waals surface area contributed by atoms with Crippen LogP contribution in [-0.4, -0.2) is 18.0 Å². The van der Waals surface area contributed by atoms with Crippen LogP contribution in [0.15, 0.2) is 22.7 Å². The first kappa shape index (κ1) is 12.5. The van der Waals surface area contributed by atoms with Crippen LogP contribution < -0.4 is 0 Å². The fourth-order valence-corrected chi connectivity index (χ4v) is 2.58.